The van der Waals surface area contributed by atoms with Crippen LogP contribution in [0.4, 0.5) is 5.69 Å². The largest absolute Gasteiger partial charge is 0.374 e. The molecule has 0 bridgehead atoms. The molecule has 0 fully saturated rings. The molecule has 0 radical (unpaired) electrons. The Morgan fingerprint density at radius 1 is 1.43 bits per heavy atom. The molecule has 0 aliphatic rings. The van der Waals surface area contributed by atoms with Crippen LogP contribution in [0.5, 0.6) is 0 Å². The van der Waals surface area contributed by atoms with Gasteiger partial charge in [0, 0.05) is 17.6 Å². The minimum atomic E-state index is -0.109. The second-order valence-electron chi connectivity index (χ2n) is 4.78. The van der Waals surface area contributed by atoms with Gasteiger partial charge in [-0.3, -0.25) is 4.79 Å². The fourth-order valence-electron chi connectivity index (χ4n) is 1.92. The van der Waals surface area contributed by atoms with Crippen LogP contribution in [-0.2, 0) is 13.0 Å². The second kappa shape index (κ2) is 7.17. The van der Waals surface area contributed by atoms with E-state index in [1.807, 2.05) is 20.0 Å². The van der Waals surface area contributed by atoms with Gasteiger partial charge in [-0.2, -0.15) is 5.10 Å². The highest BCUT2D eigenvalue weighted by molar-refractivity contribution is 9.10. The third-order valence-electron chi connectivity index (χ3n) is 3.08. The average molecular weight is 371 g/mol. The Labute approximate surface area is 136 Å². The van der Waals surface area contributed by atoms with Crippen LogP contribution in [-0.4, -0.2) is 14.8 Å². The van der Waals surface area contributed by atoms with Gasteiger partial charge in [0.15, 0.2) is 0 Å². The average Bonchev–Trinajstić information content (AvgIpc) is 2.96. The molecular weight excluding hydrogens is 352 g/mol. The first kappa shape index (κ1) is 16.2. The quantitative estimate of drug-likeness (QED) is 0.843. The van der Waals surface area contributed by atoms with Crippen LogP contribution in [0, 0.1) is 0 Å². The highest BCUT2D eigenvalue weighted by Gasteiger charge is 2.14. The molecule has 2 aromatic rings. The van der Waals surface area contributed by atoms with E-state index in [2.05, 4.69) is 38.3 Å². The molecular formula is C14H19BrN4OS. The van der Waals surface area contributed by atoms with Crippen LogP contribution in [0.1, 0.15) is 43.1 Å². The number of nitrogens with zero attached hydrogens (tertiary/aromatic N) is 3. The van der Waals surface area contributed by atoms with Crippen molar-refractivity contribution in [3.05, 3.63) is 37.1 Å². The molecule has 0 spiro atoms. The Morgan fingerprint density at radius 3 is 2.81 bits per heavy atom. The lowest BCUT2D eigenvalue weighted by Gasteiger charge is -2.14. The summed E-state index contributed by atoms with van der Waals surface area (Å²) in [6, 6.07) is 0.0369. The summed E-state index contributed by atoms with van der Waals surface area (Å²) >= 11 is 5.06. The van der Waals surface area contributed by atoms with E-state index in [9.17, 15) is 4.79 Å². The van der Waals surface area contributed by atoms with Crippen molar-refractivity contribution in [3.8, 4) is 0 Å². The van der Waals surface area contributed by atoms with Gasteiger partial charge in [0.25, 0.3) is 5.56 Å². The van der Waals surface area contributed by atoms with Crippen molar-refractivity contribution in [2.24, 2.45) is 0 Å². The van der Waals surface area contributed by atoms with Gasteiger partial charge in [0.1, 0.15) is 9.48 Å². The van der Waals surface area contributed by atoms with Crippen molar-refractivity contribution >= 4 is 33.0 Å². The van der Waals surface area contributed by atoms with E-state index in [-0.39, 0.29) is 11.6 Å². The number of hydrogen-bond donors (Lipinski definition) is 1. The molecule has 0 saturated carbocycles. The smallest absolute Gasteiger partial charge is 0.283 e. The van der Waals surface area contributed by atoms with Gasteiger partial charge < -0.3 is 5.32 Å². The number of thiazole rings is 1. The summed E-state index contributed by atoms with van der Waals surface area (Å²) in [5, 5.41) is 8.50. The summed E-state index contributed by atoms with van der Waals surface area (Å²) in [5.74, 6) is 0. The first-order chi connectivity index (χ1) is 10.1. The maximum Gasteiger partial charge on any atom is 0.283 e. The van der Waals surface area contributed by atoms with E-state index in [1.165, 1.54) is 9.56 Å². The van der Waals surface area contributed by atoms with Crippen LogP contribution in [0.25, 0.3) is 0 Å². The molecule has 2 aromatic heterocycles. The van der Waals surface area contributed by atoms with Crippen LogP contribution in [0.3, 0.4) is 0 Å². The summed E-state index contributed by atoms with van der Waals surface area (Å²) < 4.78 is 1.99. The van der Waals surface area contributed by atoms with E-state index in [4.69, 9.17) is 0 Å². The topological polar surface area (TPSA) is 59.8 Å². The van der Waals surface area contributed by atoms with Crippen molar-refractivity contribution in [1.82, 2.24) is 14.8 Å². The summed E-state index contributed by atoms with van der Waals surface area (Å²) in [7, 11) is 0. The Hall–Kier alpha value is -1.21. The van der Waals surface area contributed by atoms with Crippen molar-refractivity contribution in [2.45, 2.75) is 46.2 Å². The third-order valence-corrected chi connectivity index (χ3v) is 5.17. The van der Waals surface area contributed by atoms with Gasteiger partial charge in [-0.05, 0) is 35.7 Å². The molecule has 1 unspecified atom stereocenters. The van der Waals surface area contributed by atoms with E-state index in [0.29, 0.717) is 16.7 Å². The summed E-state index contributed by atoms with van der Waals surface area (Å²) in [6.07, 6.45) is 5.46. The lowest BCUT2D eigenvalue weighted by atomic mass is 10.3. The molecule has 114 valence electrons. The normalized spacial score (nSPS) is 12.4. The predicted octanol–water partition coefficient (Wildman–Crippen LogP) is 3.61. The SMILES string of the molecule is CCCn1ncc(NC(C)c2ncc(CC)s2)c(Br)c1=O. The number of halogens is 1. The zero-order chi connectivity index (χ0) is 15.4. The van der Waals surface area contributed by atoms with E-state index >= 15 is 0 Å². The van der Waals surface area contributed by atoms with Crippen LogP contribution in [0.15, 0.2) is 21.7 Å². The summed E-state index contributed by atoms with van der Waals surface area (Å²) in [4.78, 5) is 17.8. The van der Waals surface area contributed by atoms with Crippen molar-refractivity contribution < 1.29 is 0 Å². The molecule has 0 amide bonds. The summed E-state index contributed by atoms with van der Waals surface area (Å²) in [5.41, 5.74) is 0.593. The predicted molar refractivity (Wildman–Crippen MR) is 90.0 cm³/mol. The Balaban J connectivity index is 2.19. The summed E-state index contributed by atoms with van der Waals surface area (Å²) in [6.45, 7) is 6.79. The lowest BCUT2D eigenvalue weighted by molar-refractivity contribution is 0.565. The molecule has 0 saturated heterocycles. The molecule has 0 aromatic carbocycles. The number of hydrogen-bond acceptors (Lipinski definition) is 5. The third kappa shape index (κ3) is 3.71. The van der Waals surface area contributed by atoms with Gasteiger partial charge in [-0.15, -0.1) is 11.3 Å². The highest BCUT2D eigenvalue weighted by atomic mass is 79.9. The van der Waals surface area contributed by atoms with Gasteiger partial charge in [0.2, 0.25) is 0 Å². The Morgan fingerprint density at radius 2 is 2.19 bits per heavy atom. The van der Waals surface area contributed by atoms with E-state index in [1.54, 1.807) is 17.5 Å². The number of rotatable bonds is 6. The molecule has 1 N–H and O–H groups in total. The lowest BCUT2D eigenvalue weighted by Crippen LogP contribution is -2.24. The van der Waals surface area contributed by atoms with Gasteiger partial charge in [0.05, 0.1) is 17.9 Å². The minimum Gasteiger partial charge on any atom is -0.374 e. The highest BCUT2D eigenvalue weighted by Crippen LogP contribution is 2.26. The molecule has 21 heavy (non-hydrogen) atoms. The zero-order valence-corrected chi connectivity index (χ0v) is 14.8. The van der Waals surface area contributed by atoms with Crippen LogP contribution < -0.4 is 10.9 Å². The molecule has 2 heterocycles. The van der Waals surface area contributed by atoms with Crippen LogP contribution in [0.2, 0.25) is 0 Å². The van der Waals surface area contributed by atoms with Gasteiger partial charge in [-0.25, -0.2) is 9.67 Å². The number of nitrogens with one attached hydrogen (secondary N) is 1. The van der Waals surface area contributed by atoms with Crippen molar-refractivity contribution in [2.75, 3.05) is 5.32 Å². The zero-order valence-electron chi connectivity index (χ0n) is 12.4. The number of anilines is 1. The second-order valence-corrected chi connectivity index (χ2v) is 6.72. The molecule has 0 aliphatic carbocycles. The molecule has 2 rings (SSSR count). The Bertz CT molecular complexity index is 667. The maximum atomic E-state index is 12.1. The van der Waals surface area contributed by atoms with E-state index < -0.39 is 0 Å². The van der Waals surface area contributed by atoms with E-state index in [0.717, 1.165) is 17.8 Å². The standard InChI is InChI=1S/C14H19BrN4OS/c1-4-6-19-14(20)12(15)11(8-17-19)18-9(3)13-16-7-10(5-2)21-13/h7-9,18H,4-6H2,1-3H3. The van der Waals surface area contributed by atoms with Crippen LogP contribution >= 0.6 is 27.3 Å². The van der Waals surface area contributed by atoms with Crippen molar-refractivity contribution in [3.63, 3.8) is 0 Å². The van der Waals surface area contributed by atoms with Gasteiger partial charge >= 0.3 is 0 Å². The number of aryl methyl sites for hydroxylation is 2. The fourth-order valence-corrected chi connectivity index (χ4v) is 3.20. The maximum absolute atomic E-state index is 12.1. The minimum absolute atomic E-state index is 0.0369. The number of aromatic nitrogens is 3. The fraction of sp³-hybridized carbons (Fsp3) is 0.500. The first-order valence-corrected chi connectivity index (χ1v) is 8.64. The first-order valence-electron chi connectivity index (χ1n) is 7.03. The van der Waals surface area contributed by atoms with Gasteiger partial charge in [-0.1, -0.05) is 13.8 Å². The molecule has 7 heteroatoms. The monoisotopic (exact) mass is 370 g/mol. The van der Waals surface area contributed by atoms with Crippen molar-refractivity contribution in [1.29, 1.82) is 0 Å². The molecule has 5 nitrogen and oxygen atoms in total. The molecule has 1 atom stereocenters. The molecule has 0 aliphatic heterocycles. The Kier molecular flexibility index (Phi) is 5.52.